The molecule has 2 N–H and O–H groups in total. The van der Waals surface area contributed by atoms with Crippen LogP contribution in [0.3, 0.4) is 0 Å². The van der Waals surface area contributed by atoms with Gasteiger partial charge in [0.1, 0.15) is 47.3 Å². The van der Waals surface area contributed by atoms with Crippen molar-refractivity contribution in [1.82, 2.24) is 15.1 Å². The van der Waals surface area contributed by atoms with E-state index in [2.05, 4.69) is 5.32 Å². The second kappa shape index (κ2) is 17.4. The highest BCUT2D eigenvalue weighted by Gasteiger charge is 2.64. The predicted octanol–water partition coefficient (Wildman–Crippen LogP) is 3.01. The molecule has 5 amide bonds. The molecule has 9 atom stereocenters. The first kappa shape index (κ1) is 44.0. The maximum absolute atomic E-state index is 14.2. The van der Waals surface area contributed by atoms with Gasteiger partial charge in [-0.2, -0.15) is 11.8 Å². The lowest BCUT2D eigenvalue weighted by Crippen LogP contribution is -2.63. The highest BCUT2D eigenvalue weighted by molar-refractivity contribution is 8.00. The zero-order valence-electron chi connectivity index (χ0n) is 33.5. The lowest BCUT2D eigenvalue weighted by atomic mass is 9.83. The number of hydrogen-bond donors (Lipinski definition) is 2. The van der Waals surface area contributed by atoms with Crippen molar-refractivity contribution in [2.75, 3.05) is 46.0 Å². The number of rotatable bonds is 8. The van der Waals surface area contributed by atoms with Crippen molar-refractivity contribution in [3.8, 4) is 5.75 Å². The van der Waals surface area contributed by atoms with E-state index in [-0.39, 0.29) is 17.9 Å². The monoisotopic (exact) mass is 834 g/mol. The van der Waals surface area contributed by atoms with Gasteiger partial charge in [0.15, 0.2) is 5.72 Å². The number of esters is 1. The number of thioether (sulfide) groups is 1. The molecule has 3 fully saturated rings. The molecular formula is C39H51ClN4O12S. The number of methoxy groups -OCH3 is 2. The number of amides is 5. The zero-order chi connectivity index (χ0) is 42.1. The summed E-state index contributed by atoms with van der Waals surface area (Å²) < 4.78 is 29.1. The van der Waals surface area contributed by atoms with Crippen LogP contribution in [-0.2, 0) is 49.3 Å². The Balaban J connectivity index is 1.48. The number of likely N-dealkylation sites (tertiary alicyclic amines) is 1. The zero-order valence-corrected chi connectivity index (χ0v) is 35.1. The Kier molecular flexibility index (Phi) is 13.4. The number of aliphatic hydroxyl groups is 1. The van der Waals surface area contributed by atoms with E-state index in [0.717, 1.165) is 20.9 Å². The van der Waals surface area contributed by atoms with Crippen LogP contribution < -0.4 is 15.0 Å². The van der Waals surface area contributed by atoms with Crippen LogP contribution in [0.5, 0.6) is 5.75 Å². The lowest BCUT2D eigenvalue weighted by Gasteiger charge is -2.42. The minimum absolute atomic E-state index is 0.0181. The van der Waals surface area contributed by atoms with E-state index in [1.54, 1.807) is 44.4 Å². The van der Waals surface area contributed by atoms with Gasteiger partial charge in [0.05, 0.1) is 30.6 Å². The number of nitrogens with zero attached hydrogens (tertiary/aromatic N) is 3. The van der Waals surface area contributed by atoms with Gasteiger partial charge in [0.2, 0.25) is 23.6 Å². The summed E-state index contributed by atoms with van der Waals surface area (Å²) in [6.07, 6.45) is 2.07. The Morgan fingerprint density at radius 2 is 1.88 bits per heavy atom. The van der Waals surface area contributed by atoms with E-state index >= 15 is 0 Å². The summed E-state index contributed by atoms with van der Waals surface area (Å²) >= 11 is 7.98. The number of epoxide rings is 1. The Labute approximate surface area is 341 Å². The molecule has 57 heavy (non-hydrogen) atoms. The quantitative estimate of drug-likeness (QED) is 0.221. The number of alkyl carbamates (subject to hydrolysis) is 1. The van der Waals surface area contributed by atoms with Crippen LogP contribution in [-0.4, -0.2) is 139 Å². The molecule has 4 heterocycles. The number of likely N-dealkylation sites (N-methyl/N-ethyl adjacent to an activating group) is 1. The van der Waals surface area contributed by atoms with Crippen LogP contribution in [0.4, 0.5) is 10.5 Å². The van der Waals surface area contributed by atoms with Crippen molar-refractivity contribution in [3.05, 3.63) is 46.5 Å². The first-order valence-electron chi connectivity index (χ1n) is 18.5. The number of ether oxygens (including phenoxy) is 5. The van der Waals surface area contributed by atoms with Gasteiger partial charge in [-0.3, -0.25) is 29.4 Å². The third-order valence-corrected chi connectivity index (χ3v) is 12.6. The highest BCUT2D eigenvalue weighted by atomic mass is 35.5. The van der Waals surface area contributed by atoms with E-state index in [9.17, 15) is 33.9 Å². The van der Waals surface area contributed by atoms with Crippen molar-refractivity contribution < 1.29 is 57.6 Å². The number of hydrogen-bond acceptors (Lipinski definition) is 13. The fourth-order valence-electron chi connectivity index (χ4n) is 7.47. The van der Waals surface area contributed by atoms with E-state index in [4.69, 9.17) is 35.3 Å². The Bertz CT molecular complexity index is 1860. The molecule has 16 nitrogen and oxygen atoms in total. The van der Waals surface area contributed by atoms with Crippen molar-refractivity contribution in [3.63, 3.8) is 0 Å². The summed E-state index contributed by atoms with van der Waals surface area (Å²) in [5.74, 6) is -3.26. The van der Waals surface area contributed by atoms with Crippen LogP contribution in [0.2, 0.25) is 5.02 Å². The van der Waals surface area contributed by atoms with Crippen molar-refractivity contribution in [2.24, 2.45) is 5.92 Å². The molecule has 0 saturated carbocycles. The molecule has 4 aliphatic heterocycles. The summed E-state index contributed by atoms with van der Waals surface area (Å²) in [6, 6.07) is 2.31. The fourth-order valence-corrected chi connectivity index (χ4v) is 8.42. The summed E-state index contributed by atoms with van der Waals surface area (Å²) in [6.45, 7) is 6.20. The van der Waals surface area contributed by atoms with Crippen LogP contribution >= 0.6 is 23.4 Å². The number of halogens is 1. The molecule has 312 valence electrons. The van der Waals surface area contributed by atoms with Crippen molar-refractivity contribution in [1.29, 1.82) is 0 Å². The Morgan fingerprint density at radius 3 is 2.51 bits per heavy atom. The van der Waals surface area contributed by atoms with Gasteiger partial charge in [0, 0.05) is 40.0 Å². The molecule has 1 aromatic rings. The molecule has 0 aromatic heterocycles. The normalized spacial score (nSPS) is 32.6. The second-order valence-corrected chi connectivity index (χ2v) is 16.6. The van der Waals surface area contributed by atoms with Gasteiger partial charge in [-0.15, -0.1) is 0 Å². The number of anilines is 1. The van der Waals surface area contributed by atoms with Gasteiger partial charge < -0.3 is 38.6 Å². The van der Waals surface area contributed by atoms with Gasteiger partial charge >= 0.3 is 12.1 Å². The number of carbonyl (C=O) groups is 6. The molecule has 1 aromatic carbocycles. The highest BCUT2D eigenvalue weighted by Crippen LogP contribution is 2.49. The Morgan fingerprint density at radius 1 is 1.18 bits per heavy atom. The number of benzene rings is 1. The predicted molar refractivity (Wildman–Crippen MR) is 210 cm³/mol. The summed E-state index contributed by atoms with van der Waals surface area (Å²) in [7, 11) is 5.76. The van der Waals surface area contributed by atoms with Gasteiger partial charge in [-0.1, -0.05) is 42.3 Å². The van der Waals surface area contributed by atoms with E-state index in [1.807, 2.05) is 13.0 Å². The molecule has 3 unspecified atom stereocenters. The average molecular weight is 835 g/mol. The molecule has 5 rings (SSSR count). The average Bonchev–Trinajstić information content (AvgIpc) is 3.79. The fraction of sp³-hybridized carbons (Fsp3) is 0.590. The van der Waals surface area contributed by atoms with Crippen LogP contribution in [0, 0.1) is 5.92 Å². The molecule has 0 radical (unpaired) electrons. The van der Waals surface area contributed by atoms with Crippen molar-refractivity contribution >= 4 is 64.7 Å². The minimum atomic E-state index is -1.87. The number of carbonyl (C=O) groups excluding carboxylic acids is 6. The first-order chi connectivity index (χ1) is 26.8. The third-order valence-electron chi connectivity index (χ3n) is 11.3. The number of imide groups is 1. The number of allylic oxidation sites excluding steroid dienone is 3. The van der Waals surface area contributed by atoms with Gasteiger partial charge in [-0.25, -0.2) is 9.59 Å². The van der Waals surface area contributed by atoms with E-state index < -0.39 is 102 Å². The van der Waals surface area contributed by atoms with E-state index in [1.165, 1.54) is 51.9 Å². The summed E-state index contributed by atoms with van der Waals surface area (Å²) in [5.41, 5.74) is -1.17. The minimum Gasteiger partial charge on any atom is -0.495 e. The molecule has 0 spiro atoms. The Hall–Kier alpha value is -4.16. The number of fused-ring (bicyclic) bond motifs is 5. The molecule has 0 aliphatic carbocycles. The first-order valence-corrected chi connectivity index (χ1v) is 20.2. The number of nitrogens with one attached hydrogen (secondary N) is 1. The largest absolute Gasteiger partial charge is 0.495 e. The molecule has 4 aliphatic rings. The van der Waals surface area contributed by atoms with Crippen LogP contribution in [0.25, 0.3) is 0 Å². The van der Waals surface area contributed by atoms with E-state index in [0.29, 0.717) is 17.9 Å². The second-order valence-electron chi connectivity index (χ2n) is 15.2. The maximum Gasteiger partial charge on any atom is 0.409 e. The standard InChI is InChI=1S/C39H51ClN4O12S/c1-20-11-10-12-28(53-8)39(51)18-26(54-37(50)41-39)21(2)34-38(4,56-34)29(17-30(45)43(6)24-14-23(13-20)15-25(52-7)33(24)40)55-36(49)22(3)42(5)32(47)19-44-31(46)16-27(57-9)35(44)48/h10-12,14-15,21-22,26-29,34,51H,13,16-19H2,1-9H3,(H,41,50)/b12-10+,20-11+/t21-,22+,26?,27?,28-,29+,34+,38?,39+/m1/s1. The molecule has 18 heteroatoms. The molecule has 4 bridgehead atoms. The SMILES string of the molecule is COc1cc2cc(c1Cl)N(C)C(=O)C[C@H](OC(=O)[C@H](C)N(C)C(=O)CN1C(=O)CC(SC)C1=O)C1(C)O[C@H]1[C@H](C)C1C[C@@](O)(NC(=O)O1)[C@H](OC)/C=C/C=C(\C)C2. The molecule has 3 saturated heterocycles. The summed E-state index contributed by atoms with van der Waals surface area (Å²) in [4.78, 5) is 82.7. The van der Waals surface area contributed by atoms with Gasteiger partial charge in [0.25, 0.3) is 0 Å². The molecular weight excluding hydrogens is 784 g/mol. The van der Waals surface area contributed by atoms with Crippen molar-refractivity contribution in [2.45, 2.75) is 100 Å². The third kappa shape index (κ3) is 9.12. The lowest BCUT2D eigenvalue weighted by molar-refractivity contribution is -0.162. The summed E-state index contributed by atoms with van der Waals surface area (Å²) in [5, 5.41) is 13.9. The van der Waals surface area contributed by atoms with Crippen LogP contribution in [0.1, 0.15) is 52.5 Å². The topological polar surface area (TPSA) is 194 Å². The smallest absolute Gasteiger partial charge is 0.409 e. The maximum atomic E-state index is 14.2. The van der Waals surface area contributed by atoms with Gasteiger partial charge in [-0.05, 0) is 51.1 Å². The van der Waals surface area contributed by atoms with Crippen LogP contribution in [0.15, 0.2) is 35.9 Å².